The molecule has 2 aromatic rings. The number of amides is 3. The van der Waals surface area contributed by atoms with Crippen LogP contribution in [0, 0.1) is 5.92 Å². The third-order valence-electron chi connectivity index (χ3n) is 3.74. The van der Waals surface area contributed by atoms with Gasteiger partial charge in [-0.1, -0.05) is 26.0 Å². The highest BCUT2D eigenvalue weighted by Gasteiger charge is 2.09. The van der Waals surface area contributed by atoms with Crippen LogP contribution in [0.4, 0.5) is 17.1 Å². The van der Waals surface area contributed by atoms with Crippen LogP contribution in [0.2, 0.25) is 0 Å². The summed E-state index contributed by atoms with van der Waals surface area (Å²) in [5, 5.41) is 11.1. The van der Waals surface area contributed by atoms with Gasteiger partial charge in [0.15, 0.2) is 0 Å². The first kappa shape index (κ1) is 20.0. The smallest absolute Gasteiger partial charge is 0.251 e. The second kappa shape index (κ2) is 9.38. The summed E-state index contributed by atoms with van der Waals surface area (Å²) in [6, 6.07) is 13.9. The van der Waals surface area contributed by atoms with E-state index in [1.54, 1.807) is 55.6 Å². The van der Waals surface area contributed by atoms with E-state index in [-0.39, 0.29) is 30.2 Å². The first-order valence-electron chi connectivity index (χ1n) is 8.66. The van der Waals surface area contributed by atoms with Crippen LogP contribution >= 0.6 is 0 Å². The van der Waals surface area contributed by atoms with Crippen LogP contribution in [0.25, 0.3) is 0 Å². The van der Waals surface area contributed by atoms with Crippen molar-refractivity contribution in [3.05, 3.63) is 54.1 Å². The van der Waals surface area contributed by atoms with Crippen LogP contribution in [0.3, 0.4) is 0 Å². The molecule has 0 aliphatic rings. The molecular weight excluding hydrogens is 344 g/mol. The Morgan fingerprint density at radius 3 is 2.19 bits per heavy atom. The normalized spacial score (nSPS) is 10.2. The summed E-state index contributed by atoms with van der Waals surface area (Å²) < 4.78 is 0. The molecule has 7 nitrogen and oxygen atoms in total. The molecule has 0 aliphatic carbocycles. The van der Waals surface area contributed by atoms with Crippen molar-refractivity contribution in [2.45, 2.75) is 13.8 Å². The van der Waals surface area contributed by atoms with Crippen LogP contribution in [-0.4, -0.2) is 31.3 Å². The van der Waals surface area contributed by atoms with Gasteiger partial charge >= 0.3 is 0 Å². The topological polar surface area (TPSA) is 99.3 Å². The van der Waals surface area contributed by atoms with E-state index in [0.717, 1.165) is 0 Å². The number of hydrogen-bond donors (Lipinski definition) is 4. The minimum absolute atomic E-state index is 0.0414. The lowest BCUT2D eigenvalue weighted by molar-refractivity contribution is -0.119. The van der Waals surface area contributed by atoms with Gasteiger partial charge in [-0.25, -0.2) is 0 Å². The van der Waals surface area contributed by atoms with Gasteiger partial charge in [0.25, 0.3) is 5.91 Å². The second-order valence-electron chi connectivity index (χ2n) is 6.29. The summed E-state index contributed by atoms with van der Waals surface area (Å²) in [6.45, 7) is 3.66. The van der Waals surface area contributed by atoms with Crippen LogP contribution in [0.1, 0.15) is 24.2 Å². The number of anilines is 3. The van der Waals surface area contributed by atoms with Crippen LogP contribution in [-0.2, 0) is 9.59 Å². The van der Waals surface area contributed by atoms with E-state index in [4.69, 9.17) is 0 Å². The molecule has 4 N–H and O–H groups in total. The highest BCUT2D eigenvalue weighted by atomic mass is 16.2. The molecule has 0 atom stereocenters. The molecule has 0 aliphatic heterocycles. The molecule has 0 saturated heterocycles. The monoisotopic (exact) mass is 368 g/mol. The maximum Gasteiger partial charge on any atom is 0.251 e. The Balaban J connectivity index is 1.92. The molecule has 2 aromatic carbocycles. The number of nitrogens with one attached hydrogen (secondary N) is 4. The standard InChI is InChI=1S/C20H24N4O3/c1-13(2)19(26)24-17-9-5-8-16(11-17)23-18(25)12-22-15-7-4-6-14(10-15)20(27)21-3/h4-11,13,22H,12H2,1-3H3,(H,21,27)(H,23,25)(H,24,26). The van der Waals surface area contributed by atoms with Gasteiger partial charge < -0.3 is 21.3 Å². The molecule has 0 saturated carbocycles. The fourth-order valence-corrected chi connectivity index (χ4v) is 2.26. The Morgan fingerprint density at radius 2 is 1.52 bits per heavy atom. The summed E-state index contributed by atoms with van der Waals surface area (Å²) in [5.74, 6) is -0.648. The van der Waals surface area contributed by atoms with Gasteiger partial charge in [0.05, 0.1) is 6.54 Å². The number of carbonyl (C=O) groups is 3. The minimum Gasteiger partial charge on any atom is -0.376 e. The molecule has 0 spiro atoms. The summed E-state index contributed by atoms with van der Waals surface area (Å²) in [5.41, 5.74) is 2.39. The van der Waals surface area contributed by atoms with Gasteiger partial charge in [0.1, 0.15) is 0 Å². The van der Waals surface area contributed by atoms with Crippen molar-refractivity contribution in [2.75, 3.05) is 29.5 Å². The van der Waals surface area contributed by atoms with Crippen molar-refractivity contribution >= 4 is 34.8 Å². The second-order valence-corrected chi connectivity index (χ2v) is 6.29. The fourth-order valence-electron chi connectivity index (χ4n) is 2.26. The summed E-state index contributed by atoms with van der Waals surface area (Å²) >= 11 is 0. The van der Waals surface area contributed by atoms with Crippen molar-refractivity contribution in [3.63, 3.8) is 0 Å². The van der Waals surface area contributed by atoms with E-state index >= 15 is 0 Å². The van der Waals surface area contributed by atoms with Crippen molar-refractivity contribution in [1.82, 2.24) is 5.32 Å². The van der Waals surface area contributed by atoms with Crippen molar-refractivity contribution in [1.29, 1.82) is 0 Å². The molecule has 0 heterocycles. The third kappa shape index (κ3) is 6.14. The zero-order valence-corrected chi connectivity index (χ0v) is 15.6. The Morgan fingerprint density at radius 1 is 0.889 bits per heavy atom. The van der Waals surface area contributed by atoms with E-state index < -0.39 is 0 Å². The third-order valence-corrected chi connectivity index (χ3v) is 3.74. The van der Waals surface area contributed by atoms with Gasteiger partial charge in [-0.15, -0.1) is 0 Å². The van der Waals surface area contributed by atoms with Crippen LogP contribution in [0.5, 0.6) is 0 Å². The summed E-state index contributed by atoms with van der Waals surface area (Å²) in [4.78, 5) is 35.6. The Bertz CT molecular complexity index is 833. The van der Waals surface area contributed by atoms with E-state index in [1.807, 2.05) is 13.8 Å². The summed E-state index contributed by atoms with van der Waals surface area (Å²) in [7, 11) is 1.56. The number of rotatable bonds is 7. The number of carbonyl (C=O) groups excluding carboxylic acids is 3. The predicted octanol–water partition coefficient (Wildman–Crippen LogP) is 2.69. The predicted molar refractivity (Wildman–Crippen MR) is 107 cm³/mol. The summed E-state index contributed by atoms with van der Waals surface area (Å²) in [6.07, 6.45) is 0. The van der Waals surface area contributed by atoms with E-state index in [1.165, 1.54) is 0 Å². The Hall–Kier alpha value is -3.35. The number of hydrogen-bond acceptors (Lipinski definition) is 4. The SMILES string of the molecule is CNC(=O)c1cccc(NCC(=O)Nc2cccc(NC(=O)C(C)C)c2)c1. The molecule has 2 rings (SSSR count). The molecule has 27 heavy (non-hydrogen) atoms. The van der Waals surface area contributed by atoms with Crippen molar-refractivity contribution in [3.8, 4) is 0 Å². The molecule has 142 valence electrons. The van der Waals surface area contributed by atoms with Crippen molar-refractivity contribution in [2.24, 2.45) is 5.92 Å². The maximum absolute atomic E-state index is 12.2. The zero-order valence-electron chi connectivity index (χ0n) is 15.6. The van der Waals surface area contributed by atoms with E-state index in [9.17, 15) is 14.4 Å². The molecule has 0 fully saturated rings. The molecule has 3 amide bonds. The van der Waals surface area contributed by atoms with E-state index in [0.29, 0.717) is 22.6 Å². The molecule has 0 aromatic heterocycles. The van der Waals surface area contributed by atoms with Gasteiger partial charge in [-0.3, -0.25) is 14.4 Å². The average Bonchev–Trinajstić information content (AvgIpc) is 2.66. The number of benzene rings is 2. The molecule has 0 bridgehead atoms. The highest BCUT2D eigenvalue weighted by molar-refractivity contribution is 5.97. The molecule has 0 radical (unpaired) electrons. The largest absolute Gasteiger partial charge is 0.376 e. The molecular formula is C20H24N4O3. The van der Waals surface area contributed by atoms with Gasteiger partial charge in [-0.05, 0) is 36.4 Å². The Kier molecular flexibility index (Phi) is 6.93. The lowest BCUT2D eigenvalue weighted by Crippen LogP contribution is -2.22. The minimum atomic E-state index is -0.243. The van der Waals surface area contributed by atoms with E-state index in [2.05, 4.69) is 21.3 Å². The first-order chi connectivity index (χ1) is 12.9. The first-order valence-corrected chi connectivity index (χ1v) is 8.66. The zero-order chi connectivity index (χ0) is 19.8. The molecule has 7 heteroatoms. The van der Waals surface area contributed by atoms with Crippen LogP contribution in [0.15, 0.2) is 48.5 Å². The fraction of sp³-hybridized carbons (Fsp3) is 0.250. The Labute approximate surface area is 158 Å². The lowest BCUT2D eigenvalue weighted by Gasteiger charge is -2.11. The molecule has 0 unspecified atom stereocenters. The lowest BCUT2D eigenvalue weighted by atomic mass is 10.2. The average molecular weight is 368 g/mol. The van der Waals surface area contributed by atoms with Gasteiger partial charge in [0.2, 0.25) is 11.8 Å². The van der Waals surface area contributed by atoms with Gasteiger partial charge in [-0.2, -0.15) is 0 Å². The van der Waals surface area contributed by atoms with Gasteiger partial charge in [0, 0.05) is 35.6 Å². The maximum atomic E-state index is 12.2. The van der Waals surface area contributed by atoms with Crippen LogP contribution < -0.4 is 21.3 Å². The van der Waals surface area contributed by atoms with Crippen molar-refractivity contribution < 1.29 is 14.4 Å². The highest BCUT2D eigenvalue weighted by Crippen LogP contribution is 2.16. The quantitative estimate of drug-likeness (QED) is 0.604.